The number of aldehydes is 1. The molecule has 0 spiro atoms. The number of anilines is 1. The first-order chi connectivity index (χ1) is 21.2. The Morgan fingerprint density at radius 2 is 0.860 bits per heavy atom. The highest BCUT2D eigenvalue weighted by atomic mass is 16.5. The Kier molecular flexibility index (Phi) is 13.8. The average Bonchev–Trinajstić information content (AvgIpc) is 3.05. The maximum Gasteiger partial charge on any atom is 0.150 e. The third-order valence-corrected chi connectivity index (χ3v) is 6.86. The molecule has 0 radical (unpaired) electrons. The number of ether oxygens (including phenoxy) is 4. The van der Waals surface area contributed by atoms with Crippen molar-refractivity contribution in [1.29, 1.82) is 0 Å². The zero-order valence-corrected chi connectivity index (χ0v) is 24.9. The summed E-state index contributed by atoms with van der Waals surface area (Å²) in [5.74, 6) is 12.8. The molecule has 7 heteroatoms. The molecule has 7 nitrogen and oxygen atoms in total. The lowest BCUT2D eigenvalue weighted by Gasteiger charge is -2.25. The van der Waals surface area contributed by atoms with Crippen molar-refractivity contribution in [3.05, 3.63) is 101 Å². The van der Waals surface area contributed by atoms with Crippen molar-refractivity contribution in [2.45, 2.75) is 0 Å². The molecule has 0 aliphatic carbocycles. The molecule has 1 heterocycles. The van der Waals surface area contributed by atoms with Gasteiger partial charge in [0, 0.05) is 59.7 Å². The lowest BCUT2D eigenvalue weighted by molar-refractivity contribution is 0.0264. The van der Waals surface area contributed by atoms with Crippen LogP contribution in [0.25, 0.3) is 0 Å². The summed E-state index contributed by atoms with van der Waals surface area (Å²) in [6.07, 6.45) is 0.827. The number of likely N-dealkylation sites (N-methyl/N-ethyl adjacent to an activating group) is 1. The summed E-state index contributed by atoms with van der Waals surface area (Å²) >= 11 is 0. The molecule has 0 atom stereocenters. The van der Waals surface area contributed by atoms with Gasteiger partial charge in [0.15, 0.2) is 0 Å². The molecule has 0 aromatic heterocycles. The van der Waals surface area contributed by atoms with Gasteiger partial charge in [-0.05, 0) is 67.7 Å². The molecule has 4 rings (SSSR count). The topological polar surface area (TPSA) is 60.5 Å². The lowest BCUT2D eigenvalue weighted by atomic mass is 10.1. The number of carbonyl (C=O) groups excluding carboxylic acids is 1. The second-order valence-corrected chi connectivity index (χ2v) is 10.1. The number of carbonyl (C=O) groups is 1. The molecular weight excluding hydrogens is 540 g/mol. The number of benzene rings is 3. The number of hydrogen-bond donors (Lipinski definition) is 0. The molecule has 3 aromatic rings. The first-order valence-corrected chi connectivity index (χ1v) is 14.7. The minimum Gasteiger partial charge on any atom is -0.378 e. The van der Waals surface area contributed by atoms with Crippen LogP contribution in [0.4, 0.5) is 5.69 Å². The Balaban J connectivity index is 1.30. The maximum absolute atomic E-state index is 10.8. The predicted molar refractivity (Wildman–Crippen MR) is 170 cm³/mol. The van der Waals surface area contributed by atoms with Gasteiger partial charge in [0.2, 0.25) is 0 Å². The van der Waals surface area contributed by atoms with Crippen LogP contribution in [-0.2, 0) is 18.9 Å². The van der Waals surface area contributed by atoms with Gasteiger partial charge < -0.3 is 28.7 Å². The van der Waals surface area contributed by atoms with E-state index in [1.165, 1.54) is 0 Å². The van der Waals surface area contributed by atoms with E-state index in [0.717, 1.165) is 60.4 Å². The second-order valence-electron chi connectivity index (χ2n) is 10.1. The highest BCUT2D eigenvalue weighted by molar-refractivity contribution is 5.74. The smallest absolute Gasteiger partial charge is 0.150 e. The molecule has 0 N–H and O–H groups in total. The fourth-order valence-corrected chi connectivity index (χ4v) is 4.24. The summed E-state index contributed by atoms with van der Waals surface area (Å²) in [4.78, 5) is 15.3. The minimum absolute atomic E-state index is 0.579. The van der Waals surface area contributed by atoms with Gasteiger partial charge in [-0.3, -0.25) is 4.79 Å². The fraction of sp³-hybridized carbons (Fsp3) is 0.361. The molecule has 0 amide bonds. The highest BCUT2D eigenvalue weighted by Crippen LogP contribution is 2.15. The Morgan fingerprint density at radius 3 is 1.26 bits per heavy atom. The molecule has 224 valence electrons. The number of rotatable bonds is 2. The van der Waals surface area contributed by atoms with E-state index >= 15 is 0 Å². The van der Waals surface area contributed by atoms with Crippen LogP contribution in [0.5, 0.6) is 0 Å². The van der Waals surface area contributed by atoms with Crippen molar-refractivity contribution in [3.63, 3.8) is 0 Å². The van der Waals surface area contributed by atoms with Crippen LogP contribution in [0.15, 0.2) is 72.8 Å². The van der Waals surface area contributed by atoms with Crippen LogP contribution in [0.3, 0.4) is 0 Å². The van der Waals surface area contributed by atoms with Gasteiger partial charge >= 0.3 is 0 Å². The van der Waals surface area contributed by atoms with E-state index < -0.39 is 0 Å². The SMILES string of the molecule is CN1CCOCCOCCN(c2ccc(C#Cc3ccc(C#Cc4ccc(C=O)cc4)cc3)cc2)CCOCCOCC1. The van der Waals surface area contributed by atoms with Gasteiger partial charge in [-0.25, -0.2) is 0 Å². The molecule has 1 aliphatic heterocycles. The van der Waals surface area contributed by atoms with E-state index in [4.69, 9.17) is 18.9 Å². The van der Waals surface area contributed by atoms with E-state index in [2.05, 4.69) is 52.7 Å². The first-order valence-electron chi connectivity index (χ1n) is 14.7. The van der Waals surface area contributed by atoms with E-state index in [-0.39, 0.29) is 0 Å². The Morgan fingerprint density at radius 1 is 0.512 bits per heavy atom. The van der Waals surface area contributed by atoms with E-state index in [0.29, 0.717) is 58.4 Å². The van der Waals surface area contributed by atoms with Crippen molar-refractivity contribution >= 4 is 12.0 Å². The zero-order valence-electron chi connectivity index (χ0n) is 24.9. The molecule has 43 heavy (non-hydrogen) atoms. The van der Waals surface area contributed by atoms with Gasteiger partial charge in [0.25, 0.3) is 0 Å². The molecule has 0 bridgehead atoms. The molecule has 0 saturated carbocycles. The quantitative estimate of drug-likeness (QED) is 0.334. The van der Waals surface area contributed by atoms with Crippen LogP contribution >= 0.6 is 0 Å². The Labute approximate surface area is 255 Å². The summed E-state index contributed by atoms with van der Waals surface area (Å²) < 4.78 is 23.1. The lowest BCUT2D eigenvalue weighted by Crippen LogP contribution is -2.32. The molecule has 1 fully saturated rings. The molecular formula is C36H40N2O5. The van der Waals surface area contributed by atoms with Crippen molar-refractivity contribution < 1.29 is 23.7 Å². The molecule has 1 aliphatic rings. The third kappa shape index (κ3) is 12.1. The monoisotopic (exact) mass is 580 g/mol. The van der Waals surface area contributed by atoms with Crippen LogP contribution in [0.2, 0.25) is 0 Å². The minimum atomic E-state index is 0.579. The van der Waals surface area contributed by atoms with Crippen LogP contribution in [0.1, 0.15) is 32.6 Å². The van der Waals surface area contributed by atoms with Gasteiger partial charge in [-0.15, -0.1) is 0 Å². The van der Waals surface area contributed by atoms with Crippen LogP contribution in [-0.4, -0.2) is 97.3 Å². The molecule has 1 saturated heterocycles. The van der Waals surface area contributed by atoms with E-state index in [9.17, 15) is 4.79 Å². The van der Waals surface area contributed by atoms with Crippen molar-refractivity contribution in [2.75, 3.05) is 91.0 Å². The van der Waals surface area contributed by atoms with Crippen LogP contribution in [0, 0.1) is 23.7 Å². The van der Waals surface area contributed by atoms with Crippen molar-refractivity contribution in [2.24, 2.45) is 0 Å². The highest BCUT2D eigenvalue weighted by Gasteiger charge is 2.08. The summed E-state index contributed by atoms with van der Waals surface area (Å²) in [5, 5.41) is 0. The average molecular weight is 581 g/mol. The standard InChI is InChI=1S/C36H40N2O5/c1-37-18-22-40-26-28-42-24-20-38(21-25-43-29-27-41-23-19-37)36-16-14-34(15-17-36)9-8-32-4-2-31(3-5-32)6-7-33-10-12-35(30-39)13-11-33/h2-5,10-17,30H,18-29H2,1H3. The second kappa shape index (κ2) is 18.6. The summed E-state index contributed by atoms with van der Waals surface area (Å²) in [7, 11) is 2.07. The predicted octanol–water partition coefficient (Wildman–Crippen LogP) is 4.12. The number of hydrogen-bond acceptors (Lipinski definition) is 7. The van der Waals surface area contributed by atoms with Crippen molar-refractivity contribution in [3.8, 4) is 23.7 Å². The van der Waals surface area contributed by atoms with Crippen molar-refractivity contribution in [1.82, 2.24) is 4.90 Å². The van der Waals surface area contributed by atoms with Crippen LogP contribution < -0.4 is 4.90 Å². The van der Waals surface area contributed by atoms with E-state index in [1.54, 1.807) is 12.1 Å². The Bertz CT molecular complexity index is 1350. The Hall–Kier alpha value is -3.95. The summed E-state index contributed by atoms with van der Waals surface area (Å²) in [6.45, 7) is 8.19. The summed E-state index contributed by atoms with van der Waals surface area (Å²) in [6, 6.07) is 23.4. The largest absolute Gasteiger partial charge is 0.378 e. The molecule has 0 unspecified atom stereocenters. The summed E-state index contributed by atoms with van der Waals surface area (Å²) in [5.41, 5.74) is 5.39. The third-order valence-electron chi connectivity index (χ3n) is 6.86. The normalized spacial score (nSPS) is 16.4. The van der Waals surface area contributed by atoms with Gasteiger partial charge in [-0.2, -0.15) is 0 Å². The first kappa shape index (κ1) is 32.0. The molecule has 3 aromatic carbocycles. The van der Waals surface area contributed by atoms with Gasteiger partial charge in [-0.1, -0.05) is 35.8 Å². The van der Waals surface area contributed by atoms with Gasteiger partial charge in [0.05, 0.1) is 52.9 Å². The zero-order chi connectivity index (χ0) is 30.0. The number of nitrogens with zero attached hydrogens (tertiary/aromatic N) is 2. The maximum atomic E-state index is 10.8. The fourth-order valence-electron chi connectivity index (χ4n) is 4.24. The van der Waals surface area contributed by atoms with Gasteiger partial charge in [0.1, 0.15) is 6.29 Å². The van der Waals surface area contributed by atoms with E-state index in [1.807, 2.05) is 48.5 Å².